The van der Waals surface area contributed by atoms with Crippen LogP contribution in [0.3, 0.4) is 0 Å². The minimum Gasteiger partial charge on any atom is -0.445 e. The van der Waals surface area contributed by atoms with E-state index >= 15 is 0 Å². The summed E-state index contributed by atoms with van der Waals surface area (Å²) < 4.78 is 5.42. The molecule has 0 spiro atoms. The van der Waals surface area contributed by atoms with Crippen LogP contribution >= 0.6 is 0 Å². The van der Waals surface area contributed by atoms with Gasteiger partial charge in [-0.1, -0.05) is 74.5 Å². The van der Waals surface area contributed by atoms with E-state index in [1.807, 2.05) is 74.5 Å². The number of aliphatic hydroxyl groups is 1. The highest BCUT2D eigenvalue weighted by atomic mass is 16.6. The van der Waals surface area contributed by atoms with E-state index in [-0.39, 0.29) is 25.5 Å². The lowest BCUT2D eigenvalue weighted by Gasteiger charge is -2.27. The highest BCUT2D eigenvalue weighted by molar-refractivity contribution is 5.77. The molecule has 0 aromatic heterocycles. The van der Waals surface area contributed by atoms with Gasteiger partial charge in [0.15, 0.2) is 0 Å². The van der Waals surface area contributed by atoms with Gasteiger partial charge in [0.05, 0.1) is 6.10 Å². The zero-order valence-corrected chi connectivity index (χ0v) is 17.7. The van der Waals surface area contributed by atoms with Crippen molar-refractivity contribution in [2.45, 2.75) is 39.4 Å². The van der Waals surface area contributed by atoms with E-state index in [1.54, 1.807) is 0 Å². The van der Waals surface area contributed by atoms with E-state index < -0.39 is 24.0 Å². The number of hydrogen-bond acceptors (Lipinski definition) is 4. The fourth-order valence-electron chi connectivity index (χ4n) is 3.33. The summed E-state index contributed by atoms with van der Waals surface area (Å²) in [5.74, 6) is -0.763. The van der Waals surface area contributed by atoms with Crippen LogP contribution in [-0.4, -0.2) is 41.2 Å². The molecule has 6 heteroatoms. The van der Waals surface area contributed by atoms with Crippen molar-refractivity contribution in [1.82, 2.24) is 4.90 Å². The summed E-state index contributed by atoms with van der Waals surface area (Å²) in [6.07, 6.45) is -0.722. The smallest absolute Gasteiger partial charge is 0.410 e. The topological polar surface area (TPSA) is 92.9 Å². The molecule has 2 aromatic carbocycles. The van der Waals surface area contributed by atoms with Gasteiger partial charge in [0.25, 0.3) is 0 Å². The van der Waals surface area contributed by atoms with Crippen molar-refractivity contribution in [3.8, 4) is 0 Å². The maximum atomic E-state index is 12.6. The Hall–Kier alpha value is -2.86. The van der Waals surface area contributed by atoms with Crippen molar-refractivity contribution in [2.75, 3.05) is 13.1 Å². The predicted molar refractivity (Wildman–Crippen MR) is 116 cm³/mol. The fraction of sp³-hybridized carbons (Fsp3) is 0.417. The molecule has 0 aliphatic rings. The van der Waals surface area contributed by atoms with Crippen molar-refractivity contribution in [3.63, 3.8) is 0 Å². The largest absolute Gasteiger partial charge is 0.445 e. The number of primary amides is 1. The number of benzene rings is 2. The average molecular weight is 413 g/mol. The number of carbonyl (C=O) groups excluding carboxylic acids is 2. The molecule has 3 N–H and O–H groups in total. The van der Waals surface area contributed by atoms with E-state index in [1.165, 1.54) is 4.90 Å². The number of aliphatic hydroxyl groups excluding tert-OH is 1. The SMILES string of the molecule is CC(C)CN(C[C@@H](O)C[C@@H](Cc1ccccc1)C(N)=O)C(=O)OCc1ccccc1. The molecule has 6 nitrogen and oxygen atoms in total. The zero-order chi connectivity index (χ0) is 21.9. The first-order valence-electron chi connectivity index (χ1n) is 10.3. The van der Waals surface area contributed by atoms with Crippen LogP contribution < -0.4 is 5.73 Å². The van der Waals surface area contributed by atoms with Gasteiger partial charge in [0.2, 0.25) is 5.91 Å². The van der Waals surface area contributed by atoms with E-state index in [4.69, 9.17) is 10.5 Å². The molecule has 0 bridgehead atoms. The third-order valence-corrected chi connectivity index (χ3v) is 4.76. The summed E-state index contributed by atoms with van der Waals surface area (Å²) in [4.78, 5) is 26.0. The molecule has 0 saturated carbocycles. The first-order valence-corrected chi connectivity index (χ1v) is 10.3. The third-order valence-electron chi connectivity index (χ3n) is 4.76. The number of ether oxygens (including phenoxy) is 1. The van der Waals surface area contributed by atoms with E-state index in [0.29, 0.717) is 13.0 Å². The van der Waals surface area contributed by atoms with Crippen molar-refractivity contribution in [1.29, 1.82) is 0 Å². The molecule has 0 aliphatic carbocycles. The molecule has 30 heavy (non-hydrogen) atoms. The number of hydrogen-bond donors (Lipinski definition) is 2. The van der Waals surface area contributed by atoms with Crippen molar-refractivity contribution >= 4 is 12.0 Å². The van der Waals surface area contributed by atoms with Crippen LogP contribution in [-0.2, 0) is 22.6 Å². The monoisotopic (exact) mass is 412 g/mol. The van der Waals surface area contributed by atoms with E-state index in [0.717, 1.165) is 11.1 Å². The molecule has 0 unspecified atom stereocenters. The quantitative estimate of drug-likeness (QED) is 0.592. The van der Waals surface area contributed by atoms with Gasteiger partial charge in [0, 0.05) is 19.0 Å². The molecule has 2 atom stereocenters. The van der Waals surface area contributed by atoms with Crippen molar-refractivity contribution in [3.05, 3.63) is 71.8 Å². The Morgan fingerprint density at radius 3 is 2.07 bits per heavy atom. The van der Waals surface area contributed by atoms with Gasteiger partial charge in [-0.2, -0.15) is 0 Å². The summed E-state index contributed by atoms with van der Waals surface area (Å²) in [5.41, 5.74) is 7.44. The van der Waals surface area contributed by atoms with Gasteiger partial charge < -0.3 is 20.5 Å². The van der Waals surface area contributed by atoms with Crippen LogP contribution in [0.1, 0.15) is 31.4 Å². The first kappa shape index (κ1) is 23.4. The minimum atomic E-state index is -0.880. The standard InChI is InChI=1S/C24H32N2O4/c1-18(2)15-26(24(29)30-17-20-11-7-4-8-12-20)16-22(27)14-21(23(25)28)13-19-9-5-3-6-10-19/h3-12,18,21-22,27H,13-17H2,1-2H3,(H2,25,28)/t21-,22+/m1/s1. The molecular formula is C24H32N2O4. The number of nitrogens with zero attached hydrogens (tertiary/aromatic N) is 1. The molecule has 0 heterocycles. The summed E-state index contributed by atoms with van der Waals surface area (Å²) in [6, 6.07) is 19.0. The number of amides is 2. The second-order valence-electron chi connectivity index (χ2n) is 8.02. The van der Waals surface area contributed by atoms with Gasteiger partial charge >= 0.3 is 6.09 Å². The second kappa shape index (κ2) is 12.0. The first-order chi connectivity index (χ1) is 14.3. The summed E-state index contributed by atoms with van der Waals surface area (Å²) in [5, 5.41) is 10.6. The molecule has 2 rings (SSSR count). The molecular weight excluding hydrogens is 380 g/mol. The Kier molecular flexibility index (Phi) is 9.35. The molecule has 0 aliphatic heterocycles. The van der Waals surface area contributed by atoms with Gasteiger partial charge in [-0.15, -0.1) is 0 Å². The van der Waals surface area contributed by atoms with Crippen LogP contribution in [0.5, 0.6) is 0 Å². The predicted octanol–water partition coefficient (Wildman–Crippen LogP) is 3.38. The van der Waals surface area contributed by atoms with Crippen LogP contribution in [0.25, 0.3) is 0 Å². The zero-order valence-electron chi connectivity index (χ0n) is 17.7. The van der Waals surface area contributed by atoms with Crippen molar-refractivity contribution < 1.29 is 19.4 Å². The average Bonchev–Trinajstić information content (AvgIpc) is 2.72. The van der Waals surface area contributed by atoms with Gasteiger partial charge in [0.1, 0.15) is 6.61 Å². The third kappa shape index (κ3) is 8.25. The van der Waals surface area contributed by atoms with Gasteiger partial charge in [-0.05, 0) is 29.9 Å². The summed E-state index contributed by atoms with van der Waals surface area (Å²) in [6.45, 7) is 4.69. The highest BCUT2D eigenvalue weighted by Gasteiger charge is 2.25. The molecule has 0 saturated heterocycles. The van der Waals surface area contributed by atoms with Crippen LogP contribution in [0.15, 0.2) is 60.7 Å². The number of nitrogens with two attached hydrogens (primary N) is 1. The Labute approximate surface area is 178 Å². The van der Waals surface area contributed by atoms with Crippen LogP contribution in [0, 0.1) is 11.8 Å². The van der Waals surface area contributed by atoms with E-state index in [2.05, 4.69) is 0 Å². The maximum absolute atomic E-state index is 12.6. The lowest BCUT2D eigenvalue weighted by molar-refractivity contribution is -0.122. The van der Waals surface area contributed by atoms with Gasteiger partial charge in [-0.3, -0.25) is 4.79 Å². The van der Waals surface area contributed by atoms with E-state index in [9.17, 15) is 14.7 Å². The normalized spacial score (nSPS) is 12.9. The Balaban J connectivity index is 1.95. The number of carbonyl (C=O) groups is 2. The fourth-order valence-corrected chi connectivity index (χ4v) is 3.33. The Morgan fingerprint density at radius 2 is 1.53 bits per heavy atom. The second-order valence-corrected chi connectivity index (χ2v) is 8.02. The van der Waals surface area contributed by atoms with Gasteiger partial charge in [-0.25, -0.2) is 4.79 Å². The highest BCUT2D eigenvalue weighted by Crippen LogP contribution is 2.16. The minimum absolute atomic E-state index is 0.0877. The molecule has 162 valence electrons. The van der Waals surface area contributed by atoms with Crippen LogP contribution in [0.2, 0.25) is 0 Å². The lowest BCUT2D eigenvalue weighted by atomic mass is 9.93. The molecule has 0 radical (unpaired) electrons. The molecule has 2 aromatic rings. The lowest BCUT2D eigenvalue weighted by Crippen LogP contribution is -2.41. The Bertz CT molecular complexity index is 780. The maximum Gasteiger partial charge on any atom is 0.410 e. The summed E-state index contributed by atoms with van der Waals surface area (Å²) in [7, 11) is 0. The Morgan fingerprint density at radius 1 is 0.967 bits per heavy atom. The molecule has 2 amide bonds. The van der Waals surface area contributed by atoms with Crippen molar-refractivity contribution in [2.24, 2.45) is 17.6 Å². The molecule has 0 fully saturated rings. The van der Waals surface area contributed by atoms with Crippen LogP contribution in [0.4, 0.5) is 4.79 Å². The summed E-state index contributed by atoms with van der Waals surface area (Å²) >= 11 is 0. The number of rotatable bonds is 11.